The van der Waals surface area contributed by atoms with Crippen molar-refractivity contribution in [1.29, 1.82) is 0 Å². The van der Waals surface area contributed by atoms with Crippen LogP contribution in [0, 0.1) is 17.3 Å². The lowest BCUT2D eigenvalue weighted by Crippen LogP contribution is -2.59. The predicted molar refractivity (Wildman–Crippen MR) is 165 cm³/mol. The predicted octanol–water partition coefficient (Wildman–Crippen LogP) is 6.06. The number of amides is 2. The van der Waals surface area contributed by atoms with Crippen molar-refractivity contribution in [2.24, 2.45) is 17.3 Å². The zero-order valence-corrected chi connectivity index (χ0v) is 25.6. The van der Waals surface area contributed by atoms with Gasteiger partial charge in [-0.3, -0.25) is 14.4 Å². The van der Waals surface area contributed by atoms with Crippen molar-refractivity contribution in [1.82, 2.24) is 14.7 Å². The zero-order chi connectivity index (χ0) is 29.7. The van der Waals surface area contributed by atoms with Crippen LogP contribution in [0.1, 0.15) is 95.7 Å². The van der Waals surface area contributed by atoms with Gasteiger partial charge in [-0.05, 0) is 124 Å². The second-order valence-corrected chi connectivity index (χ2v) is 14.2. The fraction of sp³-hybridized carbons (Fsp3) is 0.571. The van der Waals surface area contributed by atoms with Crippen LogP contribution in [0.15, 0.2) is 42.5 Å². The molecule has 1 spiro atoms. The molecular weight excluding hydrogens is 562 g/mol. The number of carboxylic acids is 1. The van der Waals surface area contributed by atoms with Crippen LogP contribution in [-0.4, -0.2) is 76.4 Å². The van der Waals surface area contributed by atoms with E-state index in [1.54, 1.807) is 6.07 Å². The number of hydrogen-bond donors (Lipinski definition) is 1. The zero-order valence-electron chi connectivity index (χ0n) is 24.8. The number of fused-ring (bicyclic) bond motifs is 4. The maximum absolute atomic E-state index is 14.3. The summed E-state index contributed by atoms with van der Waals surface area (Å²) in [6.07, 6.45) is 9.25. The van der Waals surface area contributed by atoms with Crippen molar-refractivity contribution in [2.45, 2.75) is 76.3 Å². The molecule has 2 atom stereocenters. The molecule has 2 aromatic rings. The first-order valence-corrected chi connectivity index (χ1v) is 16.6. The van der Waals surface area contributed by atoms with E-state index in [0.717, 1.165) is 89.4 Å². The van der Waals surface area contributed by atoms with Gasteiger partial charge in [0.05, 0.1) is 22.5 Å². The number of nitrogens with zero attached hydrogens (tertiary/aromatic N) is 3. The summed E-state index contributed by atoms with van der Waals surface area (Å²) < 4.78 is 0. The Labute approximate surface area is 259 Å². The van der Waals surface area contributed by atoms with Crippen LogP contribution >= 0.6 is 11.6 Å². The van der Waals surface area contributed by atoms with Gasteiger partial charge in [-0.2, -0.15) is 0 Å². The molecule has 0 aromatic heterocycles. The lowest BCUT2D eigenvalue weighted by Gasteiger charge is -2.51. The molecule has 8 heteroatoms. The molecule has 4 aliphatic heterocycles. The van der Waals surface area contributed by atoms with Gasteiger partial charge < -0.3 is 19.8 Å². The molecule has 2 aliphatic carbocycles. The molecular formula is C35H42ClN3O4. The van der Waals surface area contributed by atoms with E-state index in [4.69, 9.17) is 11.6 Å². The Morgan fingerprint density at radius 3 is 2.26 bits per heavy atom. The minimum absolute atomic E-state index is 0.00197. The third kappa shape index (κ3) is 5.37. The van der Waals surface area contributed by atoms with Crippen molar-refractivity contribution in [3.63, 3.8) is 0 Å². The molecule has 4 saturated heterocycles. The molecule has 5 fully saturated rings. The van der Waals surface area contributed by atoms with Crippen LogP contribution in [0.5, 0.6) is 0 Å². The molecule has 0 unspecified atom stereocenters. The molecule has 1 N–H and O–H groups in total. The number of carboxylic acid groups (broad SMARTS) is 1. The Kier molecular flexibility index (Phi) is 7.75. The van der Waals surface area contributed by atoms with Crippen molar-refractivity contribution in [2.75, 3.05) is 32.7 Å². The summed E-state index contributed by atoms with van der Waals surface area (Å²) in [6.45, 7) is 4.54. The van der Waals surface area contributed by atoms with Crippen LogP contribution < -0.4 is 0 Å². The van der Waals surface area contributed by atoms with E-state index in [9.17, 15) is 19.5 Å². The minimum atomic E-state index is -0.669. The van der Waals surface area contributed by atoms with E-state index in [1.807, 2.05) is 29.2 Å². The molecule has 2 aromatic carbocycles. The van der Waals surface area contributed by atoms with Gasteiger partial charge in [-0.25, -0.2) is 0 Å². The van der Waals surface area contributed by atoms with E-state index in [0.29, 0.717) is 35.2 Å². The highest BCUT2D eigenvalue weighted by molar-refractivity contribution is 6.33. The Morgan fingerprint density at radius 1 is 0.884 bits per heavy atom. The van der Waals surface area contributed by atoms with E-state index >= 15 is 0 Å². The lowest BCUT2D eigenvalue weighted by molar-refractivity contribution is -0.144. The third-order valence-electron chi connectivity index (χ3n) is 11.6. The van der Waals surface area contributed by atoms with Gasteiger partial charge in [-0.1, -0.05) is 29.8 Å². The summed E-state index contributed by atoms with van der Waals surface area (Å²) in [7, 11) is 0. The summed E-state index contributed by atoms with van der Waals surface area (Å²) in [5.74, 6) is -0.336. The van der Waals surface area contributed by atoms with E-state index in [1.165, 1.54) is 5.56 Å². The van der Waals surface area contributed by atoms with Crippen LogP contribution in [0.2, 0.25) is 5.02 Å². The molecule has 4 heterocycles. The normalized spacial score (nSPS) is 28.1. The number of aryl methyl sites for hydroxylation is 1. The lowest BCUT2D eigenvalue weighted by atomic mass is 9.65. The first-order valence-electron chi connectivity index (χ1n) is 16.3. The van der Waals surface area contributed by atoms with E-state index in [2.05, 4.69) is 21.9 Å². The standard InChI is InChI=1S/C35H42ClN3O4/c36-29-4-2-1-3-27(29)33(41)39(31-22-37-17-11-24(31)12-18-37)30-8-7-23-5-6-26(21-28(23)30)32(40)38-19-15-35(16-20-38)13-9-25(10-14-35)34(42)43/h1-6,21,24-25,30-31H,7-20,22H2,(H,42,43)/t30-,31-/m1/s1. The highest BCUT2D eigenvalue weighted by Crippen LogP contribution is 2.47. The average molecular weight is 604 g/mol. The fourth-order valence-corrected chi connectivity index (χ4v) is 9.11. The Balaban J connectivity index is 1.12. The van der Waals surface area contributed by atoms with E-state index in [-0.39, 0.29) is 35.2 Å². The Hall–Kier alpha value is -2.90. The number of piperidine rings is 4. The second kappa shape index (κ2) is 11.6. The van der Waals surface area contributed by atoms with Crippen molar-refractivity contribution in [3.05, 3.63) is 69.7 Å². The number of likely N-dealkylation sites (tertiary alicyclic amines) is 1. The summed E-state index contributed by atoms with van der Waals surface area (Å²) in [4.78, 5) is 46.2. The molecule has 228 valence electrons. The van der Waals surface area contributed by atoms with Gasteiger partial charge in [0.15, 0.2) is 0 Å². The van der Waals surface area contributed by atoms with Gasteiger partial charge in [0, 0.05) is 31.2 Å². The molecule has 6 aliphatic rings. The van der Waals surface area contributed by atoms with Gasteiger partial charge in [0.1, 0.15) is 0 Å². The maximum atomic E-state index is 14.3. The largest absolute Gasteiger partial charge is 0.481 e. The summed E-state index contributed by atoms with van der Waals surface area (Å²) >= 11 is 6.58. The third-order valence-corrected chi connectivity index (χ3v) is 11.9. The minimum Gasteiger partial charge on any atom is -0.481 e. The number of benzene rings is 2. The summed E-state index contributed by atoms with van der Waals surface area (Å²) in [6, 6.07) is 13.6. The topological polar surface area (TPSA) is 81.2 Å². The molecule has 7 nitrogen and oxygen atoms in total. The quantitative estimate of drug-likeness (QED) is 0.449. The first kappa shape index (κ1) is 28.8. The Morgan fingerprint density at radius 2 is 1.60 bits per heavy atom. The van der Waals surface area contributed by atoms with E-state index < -0.39 is 5.97 Å². The maximum Gasteiger partial charge on any atom is 0.306 e. The average Bonchev–Trinajstić information content (AvgIpc) is 3.45. The van der Waals surface area contributed by atoms with Crippen LogP contribution in [-0.2, 0) is 11.2 Å². The van der Waals surface area contributed by atoms with Gasteiger partial charge in [0.2, 0.25) is 0 Å². The van der Waals surface area contributed by atoms with Crippen LogP contribution in [0.4, 0.5) is 0 Å². The van der Waals surface area contributed by atoms with Crippen molar-refractivity contribution < 1.29 is 19.5 Å². The molecule has 43 heavy (non-hydrogen) atoms. The number of rotatable bonds is 5. The highest BCUT2D eigenvalue weighted by atomic mass is 35.5. The molecule has 0 radical (unpaired) electrons. The Bertz CT molecular complexity index is 1400. The van der Waals surface area contributed by atoms with Gasteiger partial charge >= 0.3 is 5.97 Å². The number of carbonyl (C=O) groups is 3. The fourth-order valence-electron chi connectivity index (χ4n) is 8.89. The highest BCUT2D eigenvalue weighted by Gasteiger charge is 2.45. The van der Waals surface area contributed by atoms with Crippen molar-refractivity contribution in [3.8, 4) is 0 Å². The van der Waals surface area contributed by atoms with Crippen LogP contribution in [0.25, 0.3) is 0 Å². The molecule has 2 bridgehead atoms. The monoisotopic (exact) mass is 603 g/mol. The second-order valence-electron chi connectivity index (χ2n) is 13.8. The molecule has 2 amide bonds. The van der Waals surface area contributed by atoms with Gasteiger partial charge in [-0.15, -0.1) is 0 Å². The smallest absolute Gasteiger partial charge is 0.306 e. The number of aliphatic carboxylic acids is 1. The van der Waals surface area contributed by atoms with Crippen molar-refractivity contribution >= 4 is 29.4 Å². The molecule has 8 rings (SSSR count). The number of carbonyl (C=O) groups excluding carboxylic acids is 2. The summed E-state index contributed by atoms with van der Waals surface area (Å²) in [5.41, 5.74) is 3.78. The van der Waals surface area contributed by atoms with Gasteiger partial charge in [0.25, 0.3) is 11.8 Å². The number of hydrogen-bond acceptors (Lipinski definition) is 4. The number of halogens is 1. The molecule has 1 saturated carbocycles. The summed E-state index contributed by atoms with van der Waals surface area (Å²) in [5, 5.41) is 9.89. The van der Waals surface area contributed by atoms with Crippen LogP contribution in [0.3, 0.4) is 0 Å². The first-order chi connectivity index (χ1) is 20.8. The SMILES string of the molecule is O=C(O)C1CCC2(CC1)CCN(C(=O)c1ccc3c(c1)[C@H](N(C(=O)c1ccccc1Cl)[C@@H]1CN4CCC1CC4)CC3)CC2.